The number of amides is 3. The van der Waals surface area contributed by atoms with Crippen molar-refractivity contribution in [1.82, 2.24) is 25.9 Å². The fraction of sp³-hybridized carbons (Fsp3) is 0.310. The minimum atomic E-state index is -1.19. The van der Waals surface area contributed by atoms with Crippen molar-refractivity contribution in [3.63, 3.8) is 0 Å². The molecule has 3 rings (SSSR count). The molecule has 0 unspecified atom stereocenters. The van der Waals surface area contributed by atoms with Gasteiger partial charge in [-0.3, -0.25) is 19.4 Å². The third-order valence-electron chi connectivity index (χ3n) is 6.03. The molecule has 5 N–H and O–H groups in total. The lowest BCUT2D eigenvalue weighted by Gasteiger charge is -2.25. The number of aromatic hydroxyl groups is 1. The summed E-state index contributed by atoms with van der Waals surface area (Å²) < 4.78 is 0. The van der Waals surface area contributed by atoms with E-state index in [0.717, 1.165) is 5.56 Å². The van der Waals surface area contributed by atoms with Crippen LogP contribution in [0.4, 0.5) is 0 Å². The van der Waals surface area contributed by atoms with Crippen LogP contribution in [0.15, 0.2) is 73.2 Å². The van der Waals surface area contributed by atoms with E-state index in [9.17, 15) is 29.4 Å². The SMILES string of the molecule is CC(C)C[C@H](NC(=O)[C@H](Cc1ccc(O)cc1)NC(=O)[C@H](Cc1ccccc1)NC(=O)c1cnccn1)C(=O)O. The average Bonchev–Trinajstić information content (AvgIpc) is 2.93. The lowest BCUT2D eigenvalue weighted by Crippen LogP contribution is -2.57. The number of rotatable bonds is 13. The Hall–Kier alpha value is -4.80. The topological polar surface area (TPSA) is 171 Å². The number of carbonyl (C=O) groups excluding carboxylic acids is 3. The van der Waals surface area contributed by atoms with Crippen LogP contribution in [0.1, 0.15) is 41.9 Å². The molecule has 11 nitrogen and oxygen atoms in total. The second-order valence-corrected chi connectivity index (χ2v) is 9.77. The van der Waals surface area contributed by atoms with Crippen molar-refractivity contribution in [2.45, 2.75) is 51.2 Å². The molecule has 0 radical (unpaired) electrons. The number of phenolic OH excluding ortho intramolecular Hbond substituents is 1. The number of hydrogen-bond donors (Lipinski definition) is 5. The minimum absolute atomic E-state index is 0.00177. The van der Waals surface area contributed by atoms with Crippen molar-refractivity contribution in [2.75, 3.05) is 0 Å². The second kappa shape index (κ2) is 14.4. The molecule has 0 aliphatic carbocycles. The molecule has 40 heavy (non-hydrogen) atoms. The van der Waals surface area contributed by atoms with Crippen LogP contribution >= 0.6 is 0 Å². The number of benzene rings is 2. The van der Waals surface area contributed by atoms with E-state index in [1.807, 2.05) is 19.9 Å². The van der Waals surface area contributed by atoms with Crippen molar-refractivity contribution in [2.24, 2.45) is 5.92 Å². The fourth-order valence-electron chi connectivity index (χ4n) is 4.02. The summed E-state index contributed by atoms with van der Waals surface area (Å²) in [4.78, 5) is 59.4. The number of nitrogens with one attached hydrogen (secondary N) is 3. The Balaban J connectivity index is 1.86. The molecule has 0 saturated heterocycles. The molecular formula is C29H33N5O6. The predicted octanol–water partition coefficient (Wildman–Crippen LogP) is 1.87. The van der Waals surface area contributed by atoms with Gasteiger partial charge in [-0.05, 0) is 35.6 Å². The summed E-state index contributed by atoms with van der Waals surface area (Å²) in [5.74, 6) is -3.10. The summed E-state index contributed by atoms with van der Waals surface area (Å²) >= 11 is 0. The number of carboxylic acids is 1. The van der Waals surface area contributed by atoms with Gasteiger partial charge in [0.1, 0.15) is 29.6 Å². The van der Waals surface area contributed by atoms with Crippen LogP contribution in [0.3, 0.4) is 0 Å². The van der Waals surface area contributed by atoms with Gasteiger partial charge in [-0.1, -0.05) is 56.3 Å². The van der Waals surface area contributed by atoms with Crippen molar-refractivity contribution < 1.29 is 29.4 Å². The Bertz CT molecular complexity index is 1290. The van der Waals surface area contributed by atoms with Crippen molar-refractivity contribution >= 4 is 23.7 Å². The number of hydrogen-bond acceptors (Lipinski definition) is 7. The van der Waals surface area contributed by atoms with Crippen LogP contribution in [0.25, 0.3) is 0 Å². The third-order valence-corrected chi connectivity index (χ3v) is 6.03. The van der Waals surface area contributed by atoms with Gasteiger partial charge >= 0.3 is 5.97 Å². The van der Waals surface area contributed by atoms with Crippen LogP contribution in [-0.4, -0.2) is 62.0 Å². The van der Waals surface area contributed by atoms with E-state index in [2.05, 4.69) is 25.9 Å². The van der Waals surface area contributed by atoms with Gasteiger partial charge in [0.15, 0.2) is 0 Å². The summed E-state index contributed by atoms with van der Waals surface area (Å²) in [6.07, 6.45) is 4.39. The Kier molecular flexibility index (Phi) is 10.7. The lowest BCUT2D eigenvalue weighted by molar-refractivity contribution is -0.142. The maximum atomic E-state index is 13.6. The molecule has 0 spiro atoms. The summed E-state index contributed by atoms with van der Waals surface area (Å²) in [6, 6.07) is 11.7. The molecule has 1 aromatic heterocycles. The van der Waals surface area contributed by atoms with E-state index in [1.165, 1.54) is 30.7 Å². The third kappa shape index (κ3) is 9.19. The highest BCUT2D eigenvalue weighted by atomic mass is 16.4. The first-order valence-electron chi connectivity index (χ1n) is 12.8. The van der Waals surface area contributed by atoms with Gasteiger partial charge < -0.3 is 26.2 Å². The summed E-state index contributed by atoms with van der Waals surface area (Å²) in [5.41, 5.74) is 1.41. The fourth-order valence-corrected chi connectivity index (χ4v) is 4.02. The van der Waals surface area contributed by atoms with E-state index in [-0.39, 0.29) is 36.6 Å². The maximum absolute atomic E-state index is 13.6. The molecule has 2 aromatic carbocycles. The zero-order valence-electron chi connectivity index (χ0n) is 22.3. The van der Waals surface area contributed by atoms with Crippen LogP contribution in [0, 0.1) is 5.92 Å². The molecule has 3 aromatic rings. The normalized spacial score (nSPS) is 13.1. The minimum Gasteiger partial charge on any atom is -0.508 e. The van der Waals surface area contributed by atoms with E-state index in [1.54, 1.807) is 36.4 Å². The van der Waals surface area contributed by atoms with Crippen LogP contribution in [0.2, 0.25) is 0 Å². The van der Waals surface area contributed by atoms with Gasteiger partial charge in [-0.2, -0.15) is 0 Å². The maximum Gasteiger partial charge on any atom is 0.326 e. The number of phenols is 1. The standard InChI is InChI=1S/C29H33N5O6/c1-18(2)14-24(29(39)40)34-27(37)23(16-20-8-10-21(35)11-9-20)32-26(36)22(15-19-6-4-3-5-7-19)33-28(38)25-17-30-12-13-31-25/h3-13,17-18,22-24,35H,14-16H2,1-2H3,(H,32,36)(H,33,38)(H,34,37)(H,39,40)/t22-,23-,24-/m0/s1. The van der Waals surface area contributed by atoms with E-state index in [0.29, 0.717) is 5.56 Å². The molecule has 0 fully saturated rings. The molecule has 0 saturated carbocycles. The molecule has 3 amide bonds. The summed E-state index contributed by atoms with van der Waals surface area (Å²) in [6.45, 7) is 3.68. The number of aliphatic carboxylic acids is 1. The number of nitrogens with zero attached hydrogens (tertiary/aromatic N) is 2. The first-order chi connectivity index (χ1) is 19.1. The molecule has 0 aliphatic rings. The van der Waals surface area contributed by atoms with Crippen molar-refractivity contribution in [3.05, 3.63) is 90.0 Å². The zero-order chi connectivity index (χ0) is 29.1. The molecule has 0 aliphatic heterocycles. The Morgan fingerprint density at radius 3 is 1.90 bits per heavy atom. The van der Waals surface area contributed by atoms with Crippen LogP contribution in [-0.2, 0) is 27.2 Å². The highest BCUT2D eigenvalue weighted by Gasteiger charge is 2.30. The van der Waals surface area contributed by atoms with Gasteiger partial charge in [0, 0.05) is 25.2 Å². The van der Waals surface area contributed by atoms with E-state index >= 15 is 0 Å². The van der Waals surface area contributed by atoms with E-state index in [4.69, 9.17) is 0 Å². The molecule has 1 heterocycles. The van der Waals surface area contributed by atoms with Crippen molar-refractivity contribution in [3.8, 4) is 5.75 Å². The van der Waals surface area contributed by atoms with Crippen LogP contribution < -0.4 is 16.0 Å². The first-order valence-corrected chi connectivity index (χ1v) is 12.8. The number of carboxylic acid groups (broad SMARTS) is 1. The largest absolute Gasteiger partial charge is 0.508 e. The van der Waals surface area contributed by atoms with Gasteiger partial charge in [-0.25, -0.2) is 9.78 Å². The Morgan fingerprint density at radius 1 is 0.775 bits per heavy atom. The Morgan fingerprint density at radius 2 is 1.35 bits per heavy atom. The second-order valence-electron chi connectivity index (χ2n) is 9.77. The van der Waals surface area contributed by atoms with Crippen LogP contribution in [0.5, 0.6) is 5.75 Å². The monoisotopic (exact) mass is 547 g/mol. The summed E-state index contributed by atoms with van der Waals surface area (Å²) in [7, 11) is 0. The molecule has 210 valence electrons. The quantitative estimate of drug-likeness (QED) is 0.216. The molecule has 11 heteroatoms. The van der Waals surface area contributed by atoms with Gasteiger partial charge in [0.25, 0.3) is 5.91 Å². The van der Waals surface area contributed by atoms with E-state index < -0.39 is 41.8 Å². The lowest BCUT2D eigenvalue weighted by atomic mass is 10.0. The first kappa shape index (κ1) is 29.8. The van der Waals surface area contributed by atoms with Gasteiger partial charge in [0.2, 0.25) is 11.8 Å². The smallest absolute Gasteiger partial charge is 0.326 e. The zero-order valence-corrected chi connectivity index (χ0v) is 22.3. The van der Waals surface area contributed by atoms with Crippen molar-refractivity contribution in [1.29, 1.82) is 0 Å². The average molecular weight is 548 g/mol. The summed E-state index contributed by atoms with van der Waals surface area (Å²) in [5, 5.41) is 27.2. The number of aromatic nitrogens is 2. The predicted molar refractivity (Wildman–Crippen MR) is 146 cm³/mol. The Labute approximate surface area is 232 Å². The van der Waals surface area contributed by atoms with Gasteiger partial charge in [-0.15, -0.1) is 0 Å². The molecular weight excluding hydrogens is 514 g/mol. The highest BCUT2D eigenvalue weighted by Crippen LogP contribution is 2.13. The van der Waals surface area contributed by atoms with Gasteiger partial charge in [0.05, 0.1) is 6.20 Å². The number of carbonyl (C=O) groups is 4. The molecule has 0 bridgehead atoms. The highest BCUT2D eigenvalue weighted by molar-refractivity contribution is 5.97. The molecule has 3 atom stereocenters.